The first kappa shape index (κ1) is 15.0. The Morgan fingerprint density at radius 2 is 2.37 bits per heavy atom. The lowest BCUT2D eigenvalue weighted by molar-refractivity contribution is -0.0229. The monoisotopic (exact) mass is 402 g/mol. The summed E-state index contributed by atoms with van der Waals surface area (Å²) in [6.07, 6.45) is -2.44. The zero-order chi connectivity index (χ0) is 14.0. The van der Waals surface area contributed by atoms with Crippen molar-refractivity contribution in [2.75, 3.05) is 13.7 Å². The summed E-state index contributed by atoms with van der Waals surface area (Å²) < 4.78 is 30.0. The van der Waals surface area contributed by atoms with Gasteiger partial charge >= 0.3 is 0 Å². The van der Waals surface area contributed by atoms with E-state index in [9.17, 15) is 9.18 Å². The van der Waals surface area contributed by atoms with Crippen molar-refractivity contribution >= 4 is 35.2 Å². The normalized spacial score (nSPS) is 30.7. The van der Waals surface area contributed by atoms with E-state index in [2.05, 4.69) is 9.97 Å². The molecule has 0 aliphatic carbocycles. The van der Waals surface area contributed by atoms with Gasteiger partial charge in [-0.2, -0.15) is 0 Å². The molecule has 2 unspecified atom stereocenters. The molecule has 1 saturated heterocycles. The van der Waals surface area contributed by atoms with Crippen LogP contribution in [0.2, 0.25) is 0 Å². The number of ether oxygens (including phenoxy) is 2. The molecule has 2 N–H and O–H groups in total. The van der Waals surface area contributed by atoms with E-state index in [1.165, 1.54) is 13.3 Å². The Morgan fingerprint density at radius 1 is 1.63 bits per heavy atom. The second-order valence-corrected chi connectivity index (χ2v) is 5.07. The number of H-pyrrole nitrogens is 2. The zero-order valence-electron chi connectivity index (χ0n) is 9.89. The predicted molar refractivity (Wildman–Crippen MR) is 75.5 cm³/mol. The quantitative estimate of drug-likeness (QED) is 0.591. The molecule has 1 fully saturated rings. The molecule has 0 bridgehead atoms. The van der Waals surface area contributed by atoms with Gasteiger partial charge in [-0.15, -0.1) is 0 Å². The van der Waals surface area contributed by atoms with Crippen LogP contribution in [0, 0.1) is 4.77 Å². The second-order valence-electron chi connectivity index (χ2n) is 4.04. The summed E-state index contributed by atoms with van der Waals surface area (Å²) in [6.45, 7) is 0.177. The Kier molecular flexibility index (Phi) is 5.06. The molecule has 106 valence electrons. The molecule has 0 amide bonds. The van der Waals surface area contributed by atoms with Crippen LogP contribution in [0.1, 0.15) is 11.7 Å². The number of aromatic nitrogens is 2. The maximum Gasteiger partial charge on any atom is 0.257 e. The summed E-state index contributed by atoms with van der Waals surface area (Å²) in [5, 5.41) is 0. The highest BCUT2D eigenvalue weighted by atomic mass is 127. The molecule has 0 spiro atoms. The number of aromatic amines is 2. The molecule has 2 rings (SSSR count). The highest BCUT2D eigenvalue weighted by molar-refractivity contribution is 14.1. The van der Waals surface area contributed by atoms with Crippen LogP contribution in [0.15, 0.2) is 11.0 Å². The van der Waals surface area contributed by atoms with Crippen LogP contribution in [0.5, 0.6) is 0 Å². The SMILES string of the molecule is COC1C(F)[C@H](c2c[nH]c(=S)[nH]c2=O)O[C@@H]1COI. The average Bonchev–Trinajstić information content (AvgIpc) is 2.66. The first-order valence-electron chi connectivity index (χ1n) is 5.46. The minimum Gasteiger partial charge on any atom is -0.375 e. The van der Waals surface area contributed by atoms with Gasteiger partial charge in [-0.25, -0.2) is 4.39 Å². The van der Waals surface area contributed by atoms with Crippen molar-refractivity contribution in [1.82, 2.24) is 9.97 Å². The fourth-order valence-corrected chi connectivity index (χ4v) is 2.58. The van der Waals surface area contributed by atoms with Crippen molar-refractivity contribution in [2.45, 2.75) is 24.5 Å². The lowest BCUT2D eigenvalue weighted by atomic mass is 10.1. The van der Waals surface area contributed by atoms with Crippen molar-refractivity contribution < 1.29 is 16.9 Å². The maximum absolute atomic E-state index is 14.3. The lowest BCUT2D eigenvalue weighted by Gasteiger charge is -2.15. The van der Waals surface area contributed by atoms with Crippen LogP contribution < -0.4 is 5.56 Å². The van der Waals surface area contributed by atoms with Gasteiger partial charge in [-0.1, -0.05) is 0 Å². The molecule has 9 heteroatoms. The van der Waals surface area contributed by atoms with Gasteiger partial charge in [0.2, 0.25) is 0 Å². The third kappa shape index (κ3) is 3.05. The van der Waals surface area contributed by atoms with Gasteiger partial charge in [0.05, 0.1) is 12.2 Å². The minimum absolute atomic E-state index is 0.152. The number of halogens is 2. The number of hydrogen-bond acceptors (Lipinski definition) is 5. The minimum atomic E-state index is -1.45. The number of methoxy groups -OCH3 is 1. The molecule has 0 aromatic carbocycles. The number of hydrogen-bond donors (Lipinski definition) is 2. The molecular weight excluding hydrogens is 390 g/mol. The first-order chi connectivity index (χ1) is 9.08. The zero-order valence-corrected chi connectivity index (χ0v) is 12.9. The second kappa shape index (κ2) is 6.39. The van der Waals surface area contributed by atoms with E-state index in [0.717, 1.165) is 0 Å². The summed E-state index contributed by atoms with van der Waals surface area (Å²) in [7, 11) is 1.39. The van der Waals surface area contributed by atoms with Crippen LogP contribution >= 0.6 is 35.2 Å². The van der Waals surface area contributed by atoms with Crippen molar-refractivity contribution in [1.29, 1.82) is 0 Å². The van der Waals surface area contributed by atoms with Gasteiger partial charge in [0.1, 0.15) is 41.3 Å². The van der Waals surface area contributed by atoms with E-state index in [0.29, 0.717) is 0 Å². The van der Waals surface area contributed by atoms with Crippen LogP contribution in [-0.4, -0.2) is 42.1 Å². The number of nitrogens with one attached hydrogen (secondary N) is 2. The third-order valence-corrected chi connectivity index (χ3v) is 3.52. The molecule has 6 nitrogen and oxygen atoms in total. The Balaban J connectivity index is 2.30. The van der Waals surface area contributed by atoms with Crippen molar-refractivity contribution in [3.63, 3.8) is 0 Å². The van der Waals surface area contributed by atoms with Crippen LogP contribution in [0.25, 0.3) is 0 Å². The summed E-state index contributed by atoms with van der Waals surface area (Å²) >= 11 is 6.48. The van der Waals surface area contributed by atoms with E-state index >= 15 is 0 Å². The molecule has 1 aliphatic rings. The third-order valence-electron chi connectivity index (χ3n) is 2.94. The van der Waals surface area contributed by atoms with Crippen LogP contribution in [0.4, 0.5) is 4.39 Å². The van der Waals surface area contributed by atoms with E-state index in [1.54, 1.807) is 23.0 Å². The van der Waals surface area contributed by atoms with Crippen molar-refractivity contribution in [3.8, 4) is 0 Å². The Morgan fingerprint density at radius 3 is 2.95 bits per heavy atom. The van der Waals surface area contributed by atoms with E-state index in [1.807, 2.05) is 0 Å². The summed E-state index contributed by atoms with van der Waals surface area (Å²) in [4.78, 5) is 16.8. The Labute approximate surface area is 127 Å². The lowest BCUT2D eigenvalue weighted by Crippen LogP contribution is -2.32. The van der Waals surface area contributed by atoms with E-state index in [4.69, 9.17) is 24.8 Å². The van der Waals surface area contributed by atoms with Gasteiger partial charge in [0, 0.05) is 13.3 Å². The van der Waals surface area contributed by atoms with Gasteiger partial charge in [0.25, 0.3) is 5.56 Å². The molecule has 0 saturated carbocycles. The topological polar surface area (TPSA) is 76.3 Å². The van der Waals surface area contributed by atoms with Crippen molar-refractivity contribution in [2.24, 2.45) is 0 Å². The Hall–Kier alpha value is -0.360. The van der Waals surface area contributed by atoms with Gasteiger partial charge < -0.3 is 17.5 Å². The van der Waals surface area contributed by atoms with E-state index in [-0.39, 0.29) is 16.9 Å². The molecule has 19 heavy (non-hydrogen) atoms. The van der Waals surface area contributed by atoms with Crippen molar-refractivity contribution in [3.05, 3.63) is 26.9 Å². The van der Waals surface area contributed by atoms with E-state index < -0.39 is 30.0 Å². The average molecular weight is 402 g/mol. The molecule has 0 radical (unpaired) electrons. The van der Waals surface area contributed by atoms with Crippen LogP contribution in [-0.2, 0) is 12.5 Å². The fraction of sp³-hybridized carbons (Fsp3) is 0.600. The van der Waals surface area contributed by atoms with Gasteiger partial charge in [0.15, 0.2) is 10.9 Å². The largest absolute Gasteiger partial charge is 0.375 e. The number of rotatable bonds is 4. The summed E-state index contributed by atoms with van der Waals surface area (Å²) in [5.41, 5.74) is -0.318. The molecule has 1 aromatic heterocycles. The predicted octanol–water partition coefficient (Wildman–Crippen LogP) is 1.59. The summed E-state index contributed by atoms with van der Waals surface area (Å²) in [6, 6.07) is 0. The van der Waals surface area contributed by atoms with Crippen LogP contribution in [0.3, 0.4) is 0 Å². The Bertz CT molecular complexity index is 551. The molecule has 1 aromatic rings. The first-order valence-corrected chi connectivity index (χ1v) is 6.75. The molecule has 4 atom stereocenters. The summed E-state index contributed by atoms with van der Waals surface area (Å²) in [5.74, 6) is 0. The molecular formula is C10H12FIN2O4S. The van der Waals surface area contributed by atoms with Gasteiger partial charge in [-0.3, -0.25) is 9.78 Å². The fourth-order valence-electron chi connectivity index (χ4n) is 2.07. The number of alkyl halides is 1. The molecule has 2 heterocycles. The smallest absolute Gasteiger partial charge is 0.257 e. The molecule has 1 aliphatic heterocycles. The highest BCUT2D eigenvalue weighted by Gasteiger charge is 2.47. The standard InChI is InChI=1S/C10H12FIN2O4S/c1-16-8-5(3-17-12)18-7(6(8)11)4-2-13-10(19)14-9(4)15/h2,5-8H,3H2,1H3,(H2,13,14,15,19)/t5-,6?,7+,8?/m1/s1. The highest BCUT2D eigenvalue weighted by Crippen LogP contribution is 2.35. The maximum atomic E-state index is 14.3. The van der Waals surface area contributed by atoms with Gasteiger partial charge in [-0.05, 0) is 12.2 Å².